The van der Waals surface area contributed by atoms with E-state index in [1.54, 1.807) is 30.3 Å². The number of nitrogens with two attached hydrogens (primary N) is 2. The lowest BCUT2D eigenvalue weighted by Crippen LogP contribution is -2.47. The van der Waals surface area contributed by atoms with Gasteiger partial charge in [-0.1, -0.05) is 37.8 Å². The molecule has 5 N–H and O–H groups in total. The molecule has 27 heavy (non-hydrogen) atoms. The summed E-state index contributed by atoms with van der Waals surface area (Å²) >= 11 is 0. The number of nitrogen functional groups attached to an aromatic ring is 1. The molecule has 0 aromatic heterocycles. The van der Waals surface area contributed by atoms with Crippen molar-refractivity contribution in [1.82, 2.24) is 5.32 Å². The van der Waals surface area contributed by atoms with Crippen LogP contribution in [0.1, 0.15) is 35.3 Å². The standard InChI is InChI=1S/C20H21N3O2.C2H4/c1-13(2)18(19(22)24)23-20(25)16-11-8-14(9-12-16)7-10-15-5-3-4-6-17(15)21;1-2/h3-6,8-9,11-13,18H,21H2,1-2H3,(H2,22,24)(H,23,25);1-2H2. The molecule has 0 spiro atoms. The van der Waals surface area contributed by atoms with Gasteiger partial charge in [-0.2, -0.15) is 0 Å². The fraction of sp³-hybridized carbons (Fsp3) is 0.182. The number of rotatable bonds is 4. The molecule has 1 atom stereocenters. The minimum Gasteiger partial charge on any atom is -0.398 e. The summed E-state index contributed by atoms with van der Waals surface area (Å²) in [6.07, 6.45) is 0. The summed E-state index contributed by atoms with van der Waals surface area (Å²) in [5.74, 6) is 5.04. The molecule has 2 amide bonds. The predicted octanol–water partition coefficient (Wildman–Crippen LogP) is 2.71. The SMILES string of the molecule is C=C.CC(C)C(NC(=O)c1ccc(C#Cc2ccccc2N)cc1)C(N)=O. The van der Waals surface area contributed by atoms with Gasteiger partial charge in [0.05, 0.1) is 0 Å². The quantitative estimate of drug-likeness (QED) is 0.442. The van der Waals surface area contributed by atoms with Crippen molar-refractivity contribution in [2.45, 2.75) is 19.9 Å². The van der Waals surface area contributed by atoms with Gasteiger partial charge in [0.15, 0.2) is 0 Å². The first-order valence-corrected chi connectivity index (χ1v) is 8.45. The van der Waals surface area contributed by atoms with Crippen molar-refractivity contribution >= 4 is 17.5 Å². The molecule has 5 nitrogen and oxygen atoms in total. The summed E-state index contributed by atoms with van der Waals surface area (Å²) in [7, 11) is 0. The Balaban J connectivity index is 0.00000176. The number of carbonyl (C=O) groups excluding carboxylic acids is 2. The van der Waals surface area contributed by atoms with E-state index in [9.17, 15) is 9.59 Å². The van der Waals surface area contributed by atoms with Crippen LogP contribution >= 0.6 is 0 Å². The van der Waals surface area contributed by atoms with E-state index < -0.39 is 11.9 Å². The zero-order valence-corrected chi connectivity index (χ0v) is 15.7. The molecular weight excluding hydrogens is 338 g/mol. The lowest BCUT2D eigenvalue weighted by molar-refractivity contribution is -0.120. The van der Waals surface area contributed by atoms with Crippen molar-refractivity contribution in [2.75, 3.05) is 5.73 Å². The number of carbonyl (C=O) groups is 2. The van der Waals surface area contributed by atoms with Crippen LogP contribution in [0.25, 0.3) is 0 Å². The summed E-state index contributed by atoms with van der Waals surface area (Å²) in [6.45, 7) is 9.65. The second-order valence-corrected chi connectivity index (χ2v) is 6.01. The van der Waals surface area contributed by atoms with E-state index in [0.717, 1.165) is 11.1 Å². The lowest BCUT2D eigenvalue weighted by atomic mass is 10.0. The molecule has 2 aromatic carbocycles. The molecule has 5 heteroatoms. The average Bonchev–Trinajstić information content (AvgIpc) is 2.66. The molecule has 2 aromatic rings. The highest BCUT2D eigenvalue weighted by molar-refractivity contribution is 5.97. The highest BCUT2D eigenvalue weighted by atomic mass is 16.2. The minimum absolute atomic E-state index is 0.0806. The third-order valence-corrected chi connectivity index (χ3v) is 3.71. The maximum Gasteiger partial charge on any atom is 0.251 e. The van der Waals surface area contributed by atoms with Gasteiger partial charge in [0, 0.05) is 22.4 Å². The summed E-state index contributed by atoms with van der Waals surface area (Å²) in [5.41, 5.74) is 13.7. The molecule has 0 radical (unpaired) electrons. The zero-order chi connectivity index (χ0) is 20.4. The number of hydrogen-bond acceptors (Lipinski definition) is 3. The monoisotopic (exact) mass is 363 g/mol. The fourth-order valence-corrected chi connectivity index (χ4v) is 2.25. The first-order valence-electron chi connectivity index (χ1n) is 8.45. The van der Waals surface area contributed by atoms with Gasteiger partial charge in [-0.3, -0.25) is 9.59 Å². The van der Waals surface area contributed by atoms with E-state index in [1.807, 2.05) is 32.0 Å². The molecule has 140 valence electrons. The Labute approximate surface area is 160 Å². The Morgan fingerprint density at radius 2 is 1.59 bits per heavy atom. The Morgan fingerprint density at radius 3 is 2.11 bits per heavy atom. The van der Waals surface area contributed by atoms with Crippen LogP contribution in [0.3, 0.4) is 0 Å². The van der Waals surface area contributed by atoms with Gasteiger partial charge < -0.3 is 16.8 Å². The van der Waals surface area contributed by atoms with Gasteiger partial charge in [-0.15, -0.1) is 13.2 Å². The molecular formula is C22H25N3O2. The molecule has 1 unspecified atom stereocenters. The summed E-state index contributed by atoms with van der Waals surface area (Å²) in [6, 6.07) is 13.5. The van der Waals surface area contributed by atoms with Gasteiger partial charge in [-0.25, -0.2) is 0 Å². The van der Waals surface area contributed by atoms with Gasteiger partial charge >= 0.3 is 0 Å². The van der Waals surface area contributed by atoms with Crippen LogP contribution in [0, 0.1) is 17.8 Å². The average molecular weight is 363 g/mol. The van der Waals surface area contributed by atoms with Crippen molar-refractivity contribution in [3.05, 3.63) is 78.4 Å². The van der Waals surface area contributed by atoms with Crippen molar-refractivity contribution in [1.29, 1.82) is 0 Å². The Kier molecular flexibility index (Phi) is 8.34. The summed E-state index contributed by atoms with van der Waals surface area (Å²) in [5, 5.41) is 2.65. The third-order valence-electron chi connectivity index (χ3n) is 3.71. The fourth-order valence-electron chi connectivity index (χ4n) is 2.25. The Bertz CT molecular complexity index is 846. The van der Waals surface area contributed by atoms with Gasteiger partial charge in [0.25, 0.3) is 5.91 Å². The topological polar surface area (TPSA) is 98.2 Å². The van der Waals surface area contributed by atoms with E-state index in [2.05, 4.69) is 30.3 Å². The van der Waals surface area contributed by atoms with Crippen molar-refractivity contribution < 1.29 is 9.59 Å². The van der Waals surface area contributed by atoms with Crippen LogP contribution in [0.5, 0.6) is 0 Å². The van der Waals surface area contributed by atoms with E-state index in [4.69, 9.17) is 11.5 Å². The predicted molar refractivity (Wildman–Crippen MR) is 110 cm³/mol. The normalized spacial score (nSPS) is 10.6. The van der Waals surface area contributed by atoms with Crippen LogP contribution in [0.2, 0.25) is 0 Å². The van der Waals surface area contributed by atoms with Gasteiger partial charge in [0.1, 0.15) is 6.04 Å². The van der Waals surface area contributed by atoms with Gasteiger partial charge in [0.2, 0.25) is 5.91 Å². The zero-order valence-electron chi connectivity index (χ0n) is 15.7. The lowest BCUT2D eigenvalue weighted by Gasteiger charge is -2.18. The Morgan fingerprint density at radius 1 is 1.00 bits per heavy atom. The number of para-hydroxylation sites is 1. The molecule has 0 aliphatic heterocycles. The molecule has 0 fully saturated rings. The number of amides is 2. The van der Waals surface area contributed by atoms with Gasteiger partial charge in [-0.05, 0) is 42.3 Å². The first kappa shape index (κ1) is 21.5. The van der Waals surface area contributed by atoms with E-state index >= 15 is 0 Å². The number of anilines is 1. The summed E-state index contributed by atoms with van der Waals surface area (Å²) < 4.78 is 0. The largest absolute Gasteiger partial charge is 0.398 e. The first-order chi connectivity index (χ1) is 12.9. The van der Waals surface area contributed by atoms with Crippen LogP contribution in [0.15, 0.2) is 61.7 Å². The molecule has 0 saturated carbocycles. The van der Waals surface area contributed by atoms with Crippen LogP contribution in [0.4, 0.5) is 5.69 Å². The van der Waals surface area contributed by atoms with Crippen molar-refractivity contribution in [3.8, 4) is 11.8 Å². The second kappa shape index (κ2) is 10.5. The van der Waals surface area contributed by atoms with E-state index in [-0.39, 0.29) is 11.8 Å². The molecule has 0 aliphatic carbocycles. The molecule has 2 rings (SSSR count). The molecule has 0 saturated heterocycles. The highest BCUT2D eigenvalue weighted by Crippen LogP contribution is 2.10. The number of hydrogen-bond donors (Lipinski definition) is 3. The maximum atomic E-state index is 12.2. The summed E-state index contributed by atoms with van der Waals surface area (Å²) in [4.78, 5) is 23.6. The Hall–Kier alpha value is -3.52. The maximum absolute atomic E-state index is 12.2. The smallest absolute Gasteiger partial charge is 0.251 e. The van der Waals surface area contributed by atoms with Crippen molar-refractivity contribution in [2.24, 2.45) is 11.7 Å². The number of benzene rings is 2. The molecule has 0 heterocycles. The number of primary amides is 1. The van der Waals surface area contributed by atoms with Crippen molar-refractivity contribution in [3.63, 3.8) is 0 Å². The van der Waals surface area contributed by atoms with Crippen LogP contribution in [-0.2, 0) is 4.79 Å². The number of nitrogens with one attached hydrogen (secondary N) is 1. The van der Waals surface area contributed by atoms with Crippen LogP contribution in [-0.4, -0.2) is 17.9 Å². The molecule has 0 aliphatic rings. The van der Waals surface area contributed by atoms with E-state index in [1.165, 1.54) is 0 Å². The van der Waals surface area contributed by atoms with Crippen LogP contribution < -0.4 is 16.8 Å². The van der Waals surface area contributed by atoms with E-state index in [0.29, 0.717) is 11.3 Å². The molecule has 0 bridgehead atoms. The third kappa shape index (κ3) is 6.37. The highest BCUT2D eigenvalue weighted by Gasteiger charge is 2.22. The minimum atomic E-state index is -0.701. The second-order valence-electron chi connectivity index (χ2n) is 6.01.